The molecule has 2 nitrogen and oxygen atoms in total. The summed E-state index contributed by atoms with van der Waals surface area (Å²) in [6, 6.07) is 0.372. The third-order valence-electron chi connectivity index (χ3n) is 2.13. The standard InChI is InChI=1S/C10H24N2S/c1-10(11)6-4-5-7-12(2)8-9-13-3/h10H,4-9,11H2,1-3H3. The minimum atomic E-state index is 0.372. The lowest BCUT2D eigenvalue weighted by atomic mass is 10.1. The van der Waals surface area contributed by atoms with Crippen LogP contribution in [0.1, 0.15) is 26.2 Å². The number of hydrogen-bond donors (Lipinski definition) is 1. The second-order valence-corrected chi connectivity index (χ2v) is 4.75. The summed E-state index contributed by atoms with van der Waals surface area (Å²) in [5, 5.41) is 0. The van der Waals surface area contributed by atoms with Gasteiger partial charge in [-0.15, -0.1) is 0 Å². The van der Waals surface area contributed by atoms with E-state index in [9.17, 15) is 0 Å². The molecule has 0 aromatic rings. The first kappa shape index (κ1) is 13.3. The first-order chi connectivity index (χ1) is 6.16. The summed E-state index contributed by atoms with van der Waals surface area (Å²) in [5.74, 6) is 1.24. The zero-order chi connectivity index (χ0) is 10.1. The van der Waals surface area contributed by atoms with E-state index in [-0.39, 0.29) is 0 Å². The van der Waals surface area contributed by atoms with Crippen molar-refractivity contribution in [2.24, 2.45) is 5.73 Å². The number of nitrogens with zero attached hydrogens (tertiary/aromatic N) is 1. The molecule has 0 saturated heterocycles. The van der Waals surface area contributed by atoms with Gasteiger partial charge in [-0.3, -0.25) is 0 Å². The minimum Gasteiger partial charge on any atom is -0.328 e. The van der Waals surface area contributed by atoms with Crippen LogP contribution in [0.5, 0.6) is 0 Å². The minimum absolute atomic E-state index is 0.372. The summed E-state index contributed by atoms with van der Waals surface area (Å²) in [5.41, 5.74) is 5.67. The van der Waals surface area contributed by atoms with Crippen LogP contribution in [0.4, 0.5) is 0 Å². The summed E-state index contributed by atoms with van der Waals surface area (Å²) in [4.78, 5) is 2.40. The number of nitrogens with two attached hydrogens (primary N) is 1. The largest absolute Gasteiger partial charge is 0.328 e. The molecular formula is C10H24N2S. The molecule has 0 rings (SSSR count). The maximum Gasteiger partial charge on any atom is 0.00692 e. The van der Waals surface area contributed by atoms with E-state index in [2.05, 4.69) is 25.1 Å². The van der Waals surface area contributed by atoms with Gasteiger partial charge in [-0.05, 0) is 39.6 Å². The smallest absolute Gasteiger partial charge is 0.00692 e. The third-order valence-corrected chi connectivity index (χ3v) is 2.72. The van der Waals surface area contributed by atoms with Gasteiger partial charge in [-0.2, -0.15) is 11.8 Å². The van der Waals surface area contributed by atoms with Gasteiger partial charge >= 0.3 is 0 Å². The molecule has 0 heterocycles. The highest BCUT2D eigenvalue weighted by molar-refractivity contribution is 7.98. The molecule has 0 aliphatic rings. The van der Waals surface area contributed by atoms with Crippen molar-refractivity contribution in [3.8, 4) is 0 Å². The predicted octanol–water partition coefficient (Wildman–Crippen LogP) is 1.80. The Hall–Kier alpha value is 0.270. The lowest BCUT2D eigenvalue weighted by Gasteiger charge is -2.15. The Bertz CT molecular complexity index is 107. The van der Waals surface area contributed by atoms with E-state index in [0.29, 0.717) is 6.04 Å². The van der Waals surface area contributed by atoms with E-state index in [4.69, 9.17) is 5.73 Å². The molecule has 0 aliphatic heterocycles. The van der Waals surface area contributed by atoms with Crippen molar-refractivity contribution in [1.29, 1.82) is 0 Å². The highest BCUT2D eigenvalue weighted by Gasteiger charge is 1.98. The van der Waals surface area contributed by atoms with E-state index < -0.39 is 0 Å². The maximum atomic E-state index is 5.67. The molecular weight excluding hydrogens is 180 g/mol. The fraction of sp³-hybridized carbons (Fsp3) is 1.00. The van der Waals surface area contributed by atoms with Crippen molar-refractivity contribution in [2.45, 2.75) is 32.2 Å². The predicted molar refractivity (Wildman–Crippen MR) is 63.4 cm³/mol. The second kappa shape index (κ2) is 8.85. The summed E-state index contributed by atoms with van der Waals surface area (Å²) < 4.78 is 0. The van der Waals surface area contributed by atoms with E-state index in [0.717, 1.165) is 6.42 Å². The zero-order valence-electron chi connectivity index (χ0n) is 9.25. The average Bonchev–Trinajstić information content (AvgIpc) is 2.08. The van der Waals surface area contributed by atoms with Crippen LogP contribution in [0.2, 0.25) is 0 Å². The molecule has 0 spiro atoms. The van der Waals surface area contributed by atoms with Gasteiger partial charge in [0.1, 0.15) is 0 Å². The SMILES string of the molecule is CSCCN(C)CCCCC(C)N. The van der Waals surface area contributed by atoms with Gasteiger partial charge in [0.15, 0.2) is 0 Å². The molecule has 0 fully saturated rings. The Morgan fingerprint density at radius 2 is 2.00 bits per heavy atom. The topological polar surface area (TPSA) is 29.3 Å². The van der Waals surface area contributed by atoms with Crippen LogP contribution in [-0.4, -0.2) is 43.1 Å². The summed E-state index contributed by atoms with van der Waals surface area (Å²) >= 11 is 1.91. The second-order valence-electron chi connectivity index (χ2n) is 3.77. The van der Waals surface area contributed by atoms with Gasteiger partial charge in [0.25, 0.3) is 0 Å². The molecule has 0 saturated carbocycles. The summed E-state index contributed by atoms with van der Waals surface area (Å²) in [6.07, 6.45) is 5.87. The van der Waals surface area contributed by atoms with Crippen molar-refractivity contribution in [3.63, 3.8) is 0 Å². The Morgan fingerprint density at radius 1 is 1.31 bits per heavy atom. The van der Waals surface area contributed by atoms with Crippen molar-refractivity contribution in [3.05, 3.63) is 0 Å². The fourth-order valence-corrected chi connectivity index (χ4v) is 1.70. The third kappa shape index (κ3) is 10.2. The number of thioether (sulfide) groups is 1. The quantitative estimate of drug-likeness (QED) is 0.611. The van der Waals surface area contributed by atoms with Crippen LogP contribution in [-0.2, 0) is 0 Å². The first-order valence-corrected chi connectivity index (χ1v) is 6.49. The first-order valence-electron chi connectivity index (χ1n) is 5.10. The molecule has 1 atom stereocenters. The number of rotatable bonds is 8. The zero-order valence-corrected chi connectivity index (χ0v) is 10.1. The van der Waals surface area contributed by atoms with Crippen LogP contribution in [0, 0.1) is 0 Å². The molecule has 0 radical (unpaired) electrons. The monoisotopic (exact) mass is 204 g/mol. The molecule has 1 unspecified atom stereocenters. The van der Waals surface area contributed by atoms with Crippen molar-refractivity contribution < 1.29 is 0 Å². The Morgan fingerprint density at radius 3 is 2.54 bits per heavy atom. The fourth-order valence-electron chi connectivity index (χ4n) is 1.21. The molecule has 0 amide bonds. The molecule has 0 aliphatic carbocycles. The molecule has 0 aromatic carbocycles. The molecule has 0 bridgehead atoms. The van der Waals surface area contributed by atoms with Crippen molar-refractivity contribution in [1.82, 2.24) is 4.90 Å². The van der Waals surface area contributed by atoms with Gasteiger partial charge in [0.2, 0.25) is 0 Å². The number of unbranched alkanes of at least 4 members (excludes halogenated alkanes) is 1. The van der Waals surface area contributed by atoms with Crippen LogP contribution >= 0.6 is 11.8 Å². The van der Waals surface area contributed by atoms with E-state index in [1.54, 1.807) is 0 Å². The van der Waals surface area contributed by atoms with Crippen molar-refractivity contribution in [2.75, 3.05) is 32.1 Å². The normalized spacial score (nSPS) is 13.6. The van der Waals surface area contributed by atoms with Gasteiger partial charge in [-0.25, -0.2) is 0 Å². The lowest BCUT2D eigenvalue weighted by Crippen LogP contribution is -2.23. The van der Waals surface area contributed by atoms with Gasteiger partial charge < -0.3 is 10.6 Å². The van der Waals surface area contributed by atoms with Crippen LogP contribution in [0.25, 0.3) is 0 Å². The Labute approximate surface area is 87.2 Å². The van der Waals surface area contributed by atoms with Gasteiger partial charge in [-0.1, -0.05) is 6.42 Å². The molecule has 80 valence electrons. The van der Waals surface area contributed by atoms with Gasteiger partial charge in [0.05, 0.1) is 0 Å². The van der Waals surface area contributed by atoms with Gasteiger partial charge in [0, 0.05) is 18.3 Å². The maximum absolute atomic E-state index is 5.67. The van der Waals surface area contributed by atoms with E-state index in [1.165, 1.54) is 31.7 Å². The summed E-state index contributed by atoms with van der Waals surface area (Å²) in [6.45, 7) is 4.50. The van der Waals surface area contributed by atoms with Crippen molar-refractivity contribution >= 4 is 11.8 Å². The van der Waals surface area contributed by atoms with Crippen LogP contribution < -0.4 is 5.73 Å². The highest BCUT2D eigenvalue weighted by atomic mass is 32.2. The Balaban J connectivity index is 3.12. The van der Waals surface area contributed by atoms with E-state index >= 15 is 0 Å². The summed E-state index contributed by atoms with van der Waals surface area (Å²) in [7, 11) is 2.20. The lowest BCUT2D eigenvalue weighted by molar-refractivity contribution is 0.342. The molecule has 0 aromatic heterocycles. The van der Waals surface area contributed by atoms with E-state index in [1.807, 2.05) is 11.8 Å². The van der Waals surface area contributed by atoms with Crippen LogP contribution in [0.3, 0.4) is 0 Å². The molecule has 2 N–H and O–H groups in total. The molecule has 3 heteroatoms. The highest BCUT2D eigenvalue weighted by Crippen LogP contribution is 2.00. The number of hydrogen-bond acceptors (Lipinski definition) is 3. The average molecular weight is 204 g/mol. The van der Waals surface area contributed by atoms with Crippen LogP contribution in [0.15, 0.2) is 0 Å². The molecule has 13 heavy (non-hydrogen) atoms. The Kier molecular flexibility index (Phi) is 9.03.